The van der Waals surface area contributed by atoms with Gasteiger partial charge in [-0.05, 0) is 48.0 Å². The van der Waals surface area contributed by atoms with Gasteiger partial charge in [0.1, 0.15) is 12.1 Å². The number of aldehydes is 1. The molecule has 166 valence electrons. The summed E-state index contributed by atoms with van der Waals surface area (Å²) < 4.78 is 1.91. The zero-order valence-electron chi connectivity index (χ0n) is 18.0. The Morgan fingerprint density at radius 1 is 1.03 bits per heavy atom. The number of nitrogens with zero attached hydrogens (tertiary/aromatic N) is 4. The van der Waals surface area contributed by atoms with Crippen LogP contribution in [0.2, 0.25) is 0 Å². The lowest BCUT2D eigenvalue weighted by molar-refractivity contribution is -0.104. The summed E-state index contributed by atoms with van der Waals surface area (Å²) in [6.45, 7) is 2.77. The number of rotatable bonds is 5. The molecule has 32 heavy (non-hydrogen) atoms. The maximum atomic E-state index is 12.9. The molecule has 4 rings (SSSR count). The number of aromatic nitrogens is 2. The number of carbonyl (C=O) groups is 2. The number of hydrogen-bond donors (Lipinski definition) is 2. The maximum Gasteiger partial charge on any atom is 0.255 e. The van der Waals surface area contributed by atoms with Gasteiger partial charge >= 0.3 is 0 Å². The van der Waals surface area contributed by atoms with Gasteiger partial charge in [0.15, 0.2) is 0 Å². The molecule has 8 nitrogen and oxygen atoms in total. The quantitative estimate of drug-likeness (QED) is 0.365. The monoisotopic (exact) mass is 433 g/mol. The van der Waals surface area contributed by atoms with Crippen molar-refractivity contribution in [2.75, 3.05) is 38.1 Å². The summed E-state index contributed by atoms with van der Waals surface area (Å²) in [6, 6.07) is 15.5. The van der Waals surface area contributed by atoms with E-state index < -0.39 is 0 Å². The van der Waals surface area contributed by atoms with Crippen molar-refractivity contribution >= 4 is 24.0 Å². The van der Waals surface area contributed by atoms with Crippen LogP contribution in [0.15, 0.2) is 73.2 Å². The van der Waals surface area contributed by atoms with E-state index in [4.69, 9.17) is 5.21 Å². The molecule has 0 aliphatic carbocycles. The summed E-state index contributed by atoms with van der Waals surface area (Å²) in [6.07, 6.45) is 9.59. The highest BCUT2D eigenvalue weighted by molar-refractivity contribution is 5.94. The predicted octanol–water partition coefficient (Wildman–Crippen LogP) is 2.64. The van der Waals surface area contributed by atoms with Gasteiger partial charge in [-0.15, -0.1) is 0 Å². The Labute approximate surface area is 187 Å². The molecule has 0 bridgehead atoms. The third-order valence-electron chi connectivity index (χ3n) is 5.06. The average molecular weight is 434 g/mol. The van der Waals surface area contributed by atoms with Crippen LogP contribution < -0.4 is 10.4 Å². The van der Waals surface area contributed by atoms with Crippen molar-refractivity contribution in [2.45, 2.75) is 0 Å². The number of anilines is 1. The second kappa shape index (κ2) is 11.6. The molecule has 1 amide bonds. The van der Waals surface area contributed by atoms with E-state index in [0.717, 1.165) is 36.4 Å². The lowest BCUT2D eigenvalue weighted by Crippen LogP contribution is -2.49. The molecule has 8 heteroatoms. The minimum absolute atomic E-state index is 0.00495. The van der Waals surface area contributed by atoms with Crippen molar-refractivity contribution in [2.24, 2.45) is 0 Å². The molecule has 0 saturated carbocycles. The normalized spacial score (nSPS) is 13.6. The van der Waals surface area contributed by atoms with Crippen LogP contribution in [0.4, 0.5) is 5.69 Å². The van der Waals surface area contributed by atoms with Gasteiger partial charge in [0.05, 0.1) is 5.56 Å². The van der Waals surface area contributed by atoms with Gasteiger partial charge in [0.25, 0.3) is 5.91 Å². The highest BCUT2D eigenvalue weighted by Crippen LogP contribution is 2.23. The molecule has 0 spiro atoms. The van der Waals surface area contributed by atoms with E-state index in [-0.39, 0.29) is 5.91 Å². The van der Waals surface area contributed by atoms with Crippen molar-refractivity contribution in [3.63, 3.8) is 0 Å². The van der Waals surface area contributed by atoms with Crippen LogP contribution in [0, 0.1) is 0 Å². The average Bonchev–Trinajstić information content (AvgIpc) is 3.38. The van der Waals surface area contributed by atoms with Gasteiger partial charge in [-0.3, -0.25) is 9.59 Å². The fraction of sp³-hybridized carbons (Fsp3) is 0.208. The molecule has 0 radical (unpaired) electrons. The minimum atomic E-state index is 0.00495. The first-order valence-corrected chi connectivity index (χ1v) is 10.3. The molecular weight excluding hydrogens is 406 g/mol. The molecule has 1 saturated heterocycles. The van der Waals surface area contributed by atoms with Gasteiger partial charge in [-0.1, -0.05) is 18.2 Å². The number of piperazine rings is 1. The number of para-hydroxylation sites is 1. The van der Waals surface area contributed by atoms with Crippen molar-refractivity contribution < 1.29 is 14.8 Å². The van der Waals surface area contributed by atoms with Crippen LogP contribution in [-0.2, 0) is 4.79 Å². The molecule has 1 fully saturated rings. The summed E-state index contributed by atoms with van der Waals surface area (Å²) >= 11 is 0. The first-order valence-electron chi connectivity index (χ1n) is 10.3. The van der Waals surface area contributed by atoms with Crippen LogP contribution in [0.25, 0.3) is 11.9 Å². The van der Waals surface area contributed by atoms with E-state index in [2.05, 4.69) is 9.88 Å². The molecule has 1 aliphatic rings. The first kappa shape index (κ1) is 22.9. The summed E-state index contributed by atoms with van der Waals surface area (Å²) in [5, 5.41) is 7.32. The standard InChI is InChI=1S/C23H22N4O2.CH5NO/c28-17-5-7-19-6-1-2-8-21(19)25-13-15-27(16-14-25)23(29)20-9-10-22(24-18-20)26-11-3-4-12-26;1-2-3/h1-12,17-18H,13-16H2;2-3H,1H3/b7-5+;. The summed E-state index contributed by atoms with van der Waals surface area (Å²) in [5.41, 5.74) is 4.43. The van der Waals surface area contributed by atoms with Crippen molar-refractivity contribution in [1.29, 1.82) is 0 Å². The van der Waals surface area contributed by atoms with Crippen LogP contribution >= 0.6 is 0 Å². The lowest BCUT2D eigenvalue weighted by Gasteiger charge is -2.36. The largest absolute Gasteiger partial charge is 0.367 e. The van der Waals surface area contributed by atoms with Crippen molar-refractivity contribution in [1.82, 2.24) is 19.9 Å². The first-order chi connectivity index (χ1) is 15.7. The zero-order chi connectivity index (χ0) is 22.8. The maximum absolute atomic E-state index is 12.9. The van der Waals surface area contributed by atoms with Crippen LogP contribution in [-0.4, -0.2) is 65.1 Å². The topological polar surface area (TPSA) is 90.7 Å². The fourth-order valence-corrected chi connectivity index (χ4v) is 3.54. The van der Waals surface area contributed by atoms with E-state index in [1.54, 1.807) is 11.7 Å². The number of allylic oxidation sites excluding steroid dienone is 1. The summed E-state index contributed by atoms with van der Waals surface area (Å²) in [7, 11) is 1.43. The number of amides is 1. The molecule has 0 unspecified atom stereocenters. The second-order valence-corrected chi connectivity index (χ2v) is 7.05. The number of hydroxylamine groups is 1. The molecule has 1 aliphatic heterocycles. The minimum Gasteiger partial charge on any atom is -0.367 e. The number of carbonyl (C=O) groups excluding carboxylic acids is 2. The lowest BCUT2D eigenvalue weighted by atomic mass is 10.1. The van der Waals surface area contributed by atoms with Gasteiger partial charge < -0.3 is 19.6 Å². The van der Waals surface area contributed by atoms with E-state index in [1.165, 1.54) is 13.1 Å². The second-order valence-electron chi connectivity index (χ2n) is 7.05. The summed E-state index contributed by atoms with van der Waals surface area (Å²) in [5.74, 6) is 0.793. The number of pyridine rings is 1. The summed E-state index contributed by atoms with van der Waals surface area (Å²) in [4.78, 5) is 32.0. The molecule has 0 atom stereocenters. The smallest absolute Gasteiger partial charge is 0.255 e. The third-order valence-corrected chi connectivity index (χ3v) is 5.06. The van der Waals surface area contributed by atoms with Gasteiger partial charge in [-0.25, -0.2) is 10.5 Å². The van der Waals surface area contributed by atoms with E-state index >= 15 is 0 Å². The Morgan fingerprint density at radius 2 is 1.72 bits per heavy atom. The Hall–Kier alpha value is -3.75. The van der Waals surface area contributed by atoms with E-state index in [1.807, 2.05) is 76.5 Å². The zero-order valence-corrected chi connectivity index (χ0v) is 18.0. The third kappa shape index (κ3) is 5.69. The fourth-order valence-electron chi connectivity index (χ4n) is 3.54. The number of benzene rings is 1. The Kier molecular flexibility index (Phi) is 8.30. The highest BCUT2D eigenvalue weighted by atomic mass is 16.5. The Balaban J connectivity index is 0.000000913. The number of hydrogen-bond acceptors (Lipinski definition) is 6. The Bertz CT molecular complexity index is 1020. The van der Waals surface area contributed by atoms with Crippen LogP contribution in [0.3, 0.4) is 0 Å². The molecule has 1 aromatic carbocycles. The van der Waals surface area contributed by atoms with E-state index in [9.17, 15) is 9.59 Å². The molecule has 2 N–H and O–H groups in total. The molecular formula is C24H27N5O3. The highest BCUT2D eigenvalue weighted by Gasteiger charge is 2.23. The van der Waals surface area contributed by atoms with Gasteiger partial charge in [0.2, 0.25) is 0 Å². The number of nitrogens with one attached hydrogen (secondary N) is 1. The molecule has 2 aromatic heterocycles. The Morgan fingerprint density at radius 3 is 2.34 bits per heavy atom. The van der Waals surface area contributed by atoms with Crippen LogP contribution in [0.5, 0.6) is 0 Å². The van der Waals surface area contributed by atoms with Gasteiger partial charge in [-0.2, -0.15) is 0 Å². The van der Waals surface area contributed by atoms with Crippen molar-refractivity contribution in [3.05, 3.63) is 84.3 Å². The molecule has 3 heterocycles. The van der Waals surface area contributed by atoms with Crippen LogP contribution in [0.1, 0.15) is 15.9 Å². The van der Waals surface area contributed by atoms with E-state index in [0.29, 0.717) is 18.7 Å². The molecule has 3 aromatic rings. The SMILES string of the molecule is CNO.O=C/C=C/c1ccccc1N1CCN(C(=O)c2ccc(-n3cccc3)nc2)CC1. The van der Waals surface area contributed by atoms with Gasteiger partial charge in [0, 0.05) is 57.5 Å². The predicted molar refractivity (Wildman–Crippen MR) is 124 cm³/mol. The van der Waals surface area contributed by atoms with Crippen molar-refractivity contribution in [3.8, 4) is 5.82 Å².